The number of hydrogen-bond acceptors (Lipinski definition) is 4. The number of carbonyl (C=O) groups is 2. The van der Waals surface area contributed by atoms with Gasteiger partial charge in [0.2, 0.25) is 11.7 Å². The van der Waals surface area contributed by atoms with E-state index in [4.69, 9.17) is 9.15 Å². The summed E-state index contributed by atoms with van der Waals surface area (Å²) < 4.78 is 11.0. The second-order valence-electron chi connectivity index (χ2n) is 7.02. The molecule has 3 aromatic carbocycles. The van der Waals surface area contributed by atoms with E-state index in [-0.39, 0.29) is 11.7 Å². The van der Waals surface area contributed by atoms with Gasteiger partial charge in [0, 0.05) is 23.6 Å². The van der Waals surface area contributed by atoms with E-state index in [0.29, 0.717) is 40.9 Å². The number of amides is 2. The molecule has 156 valence electrons. The molecule has 2 N–H and O–H groups in total. The SMILES string of the molecule is COc1cccc(NC(=O)c2oc3ccccc3c2NC(=O)CCc2ccccc2)c1. The summed E-state index contributed by atoms with van der Waals surface area (Å²) in [5, 5.41) is 6.35. The summed E-state index contributed by atoms with van der Waals surface area (Å²) in [6.07, 6.45) is 0.897. The number of anilines is 2. The maximum absolute atomic E-state index is 13.0. The van der Waals surface area contributed by atoms with Gasteiger partial charge in [-0.15, -0.1) is 0 Å². The predicted octanol–water partition coefficient (Wildman–Crippen LogP) is 5.27. The third-order valence-electron chi connectivity index (χ3n) is 4.88. The lowest BCUT2D eigenvalue weighted by Crippen LogP contribution is -2.17. The second kappa shape index (κ2) is 9.17. The van der Waals surface area contributed by atoms with Crippen LogP contribution in [0.1, 0.15) is 22.5 Å². The van der Waals surface area contributed by atoms with Crippen LogP contribution in [0.25, 0.3) is 11.0 Å². The van der Waals surface area contributed by atoms with Gasteiger partial charge >= 0.3 is 0 Å². The molecular weight excluding hydrogens is 392 g/mol. The van der Waals surface area contributed by atoms with Gasteiger partial charge in [-0.05, 0) is 36.2 Å². The number of aryl methyl sites for hydroxylation is 1. The van der Waals surface area contributed by atoms with Gasteiger partial charge in [-0.3, -0.25) is 9.59 Å². The molecule has 0 saturated heterocycles. The van der Waals surface area contributed by atoms with Crippen LogP contribution in [0.2, 0.25) is 0 Å². The first-order chi connectivity index (χ1) is 15.1. The molecule has 0 radical (unpaired) electrons. The predicted molar refractivity (Wildman–Crippen MR) is 121 cm³/mol. The van der Waals surface area contributed by atoms with Crippen LogP contribution in [-0.2, 0) is 11.2 Å². The Morgan fingerprint density at radius 1 is 0.903 bits per heavy atom. The number of nitrogens with one attached hydrogen (secondary N) is 2. The van der Waals surface area contributed by atoms with Gasteiger partial charge in [-0.25, -0.2) is 0 Å². The van der Waals surface area contributed by atoms with Gasteiger partial charge in [0.1, 0.15) is 17.0 Å². The molecule has 0 aliphatic carbocycles. The van der Waals surface area contributed by atoms with Crippen LogP contribution in [0, 0.1) is 0 Å². The monoisotopic (exact) mass is 414 g/mol. The number of ether oxygens (including phenoxy) is 1. The van der Waals surface area contributed by atoms with Crippen LogP contribution in [-0.4, -0.2) is 18.9 Å². The summed E-state index contributed by atoms with van der Waals surface area (Å²) in [6, 6.07) is 24.0. The lowest BCUT2D eigenvalue weighted by Gasteiger charge is -2.08. The van der Waals surface area contributed by atoms with E-state index in [9.17, 15) is 9.59 Å². The van der Waals surface area contributed by atoms with Crippen LogP contribution in [0.5, 0.6) is 5.75 Å². The third kappa shape index (κ3) is 4.75. The lowest BCUT2D eigenvalue weighted by molar-refractivity contribution is -0.116. The largest absolute Gasteiger partial charge is 0.497 e. The molecule has 0 spiro atoms. The quantitative estimate of drug-likeness (QED) is 0.432. The summed E-state index contributed by atoms with van der Waals surface area (Å²) in [4.78, 5) is 25.6. The first-order valence-corrected chi connectivity index (χ1v) is 9.95. The zero-order chi connectivity index (χ0) is 21.6. The maximum Gasteiger partial charge on any atom is 0.293 e. The van der Waals surface area contributed by atoms with Crippen molar-refractivity contribution in [3.8, 4) is 5.75 Å². The van der Waals surface area contributed by atoms with Gasteiger partial charge in [-0.2, -0.15) is 0 Å². The lowest BCUT2D eigenvalue weighted by atomic mass is 10.1. The van der Waals surface area contributed by atoms with Crippen molar-refractivity contribution < 1.29 is 18.7 Å². The van der Waals surface area contributed by atoms with Crippen LogP contribution in [0.3, 0.4) is 0 Å². The fraction of sp³-hybridized carbons (Fsp3) is 0.120. The molecule has 6 nitrogen and oxygen atoms in total. The maximum atomic E-state index is 13.0. The Kier molecular flexibility index (Phi) is 5.98. The van der Waals surface area contributed by atoms with Gasteiger partial charge in [0.05, 0.1) is 7.11 Å². The van der Waals surface area contributed by atoms with Crippen LogP contribution < -0.4 is 15.4 Å². The van der Waals surface area contributed by atoms with Crippen LogP contribution in [0.4, 0.5) is 11.4 Å². The van der Waals surface area contributed by atoms with E-state index in [0.717, 1.165) is 5.56 Å². The molecule has 0 aliphatic heterocycles. The minimum atomic E-state index is -0.456. The molecule has 0 unspecified atom stereocenters. The van der Waals surface area contributed by atoms with Crippen LogP contribution in [0.15, 0.2) is 83.3 Å². The molecule has 2 amide bonds. The number of methoxy groups -OCH3 is 1. The van der Waals surface area contributed by atoms with Gasteiger partial charge in [-0.1, -0.05) is 48.5 Å². The van der Waals surface area contributed by atoms with E-state index in [1.807, 2.05) is 48.5 Å². The number of furan rings is 1. The third-order valence-corrected chi connectivity index (χ3v) is 4.88. The minimum Gasteiger partial charge on any atom is -0.497 e. The normalized spacial score (nSPS) is 10.6. The van der Waals surface area contributed by atoms with Gasteiger partial charge in [0.25, 0.3) is 5.91 Å². The minimum absolute atomic E-state index is 0.0529. The van der Waals surface area contributed by atoms with E-state index in [1.165, 1.54) is 0 Å². The highest BCUT2D eigenvalue weighted by Crippen LogP contribution is 2.32. The highest BCUT2D eigenvalue weighted by Gasteiger charge is 2.22. The Morgan fingerprint density at radius 3 is 2.48 bits per heavy atom. The smallest absolute Gasteiger partial charge is 0.293 e. The fourth-order valence-corrected chi connectivity index (χ4v) is 3.32. The zero-order valence-electron chi connectivity index (χ0n) is 17.1. The van der Waals surface area contributed by atoms with Crippen molar-refractivity contribution in [1.29, 1.82) is 0 Å². The van der Waals surface area contributed by atoms with Crippen molar-refractivity contribution in [3.63, 3.8) is 0 Å². The van der Waals surface area contributed by atoms with E-state index in [1.54, 1.807) is 37.4 Å². The van der Waals surface area contributed by atoms with E-state index in [2.05, 4.69) is 10.6 Å². The number of fused-ring (bicyclic) bond motifs is 1. The molecule has 0 aliphatic rings. The summed E-state index contributed by atoms with van der Waals surface area (Å²) >= 11 is 0. The molecule has 0 atom stereocenters. The molecule has 4 rings (SSSR count). The highest BCUT2D eigenvalue weighted by molar-refractivity contribution is 6.14. The van der Waals surface area contributed by atoms with Crippen LogP contribution >= 0.6 is 0 Å². The van der Waals surface area contributed by atoms with Crippen molar-refractivity contribution >= 4 is 34.2 Å². The van der Waals surface area contributed by atoms with Crippen molar-refractivity contribution in [2.75, 3.05) is 17.7 Å². The summed E-state index contributed by atoms with van der Waals surface area (Å²) in [6.45, 7) is 0. The standard InChI is InChI=1S/C25H22N2O4/c1-30-19-11-7-10-18(16-19)26-25(29)24-23(20-12-5-6-13-21(20)31-24)27-22(28)15-14-17-8-3-2-4-9-17/h2-13,16H,14-15H2,1H3,(H,26,29)(H,27,28). The van der Waals surface area contributed by atoms with Gasteiger partial charge in [0.15, 0.2) is 0 Å². The molecule has 31 heavy (non-hydrogen) atoms. The van der Waals surface area contributed by atoms with E-state index >= 15 is 0 Å². The van der Waals surface area contributed by atoms with Crippen molar-refractivity contribution in [1.82, 2.24) is 0 Å². The fourth-order valence-electron chi connectivity index (χ4n) is 3.32. The molecule has 1 aromatic heterocycles. The van der Waals surface area contributed by atoms with Crippen molar-refractivity contribution in [2.45, 2.75) is 12.8 Å². The molecule has 1 heterocycles. The summed E-state index contributed by atoms with van der Waals surface area (Å²) in [7, 11) is 1.56. The number of rotatable bonds is 7. The summed E-state index contributed by atoms with van der Waals surface area (Å²) in [5.41, 5.74) is 2.53. The molecule has 0 saturated carbocycles. The Labute approximate surface area is 179 Å². The number of carbonyl (C=O) groups excluding carboxylic acids is 2. The second-order valence-corrected chi connectivity index (χ2v) is 7.02. The topological polar surface area (TPSA) is 80.6 Å². The number of para-hydroxylation sites is 1. The molecule has 0 bridgehead atoms. The first-order valence-electron chi connectivity index (χ1n) is 9.95. The zero-order valence-corrected chi connectivity index (χ0v) is 17.1. The average molecular weight is 414 g/mol. The Bertz CT molecular complexity index is 1210. The van der Waals surface area contributed by atoms with Crippen molar-refractivity contribution in [3.05, 3.63) is 90.2 Å². The Balaban J connectivity index is 1.56. The van der Waals surface area contributed by atoms with Crippen molar-refractivity contribution in [2.24, 2.45) is 0 Å². The first kappa shape index (κ1) is 20.2. The molecule has 4 aromatic rings. The Morgan fingerprint density at radius 2 is 1.68 bits per heavy atom. The van der Waals surface area contributed by atoms with E-state index < -0.39 is 5.91 Å². The highest BCUT2D eigenvalue weighted by atomic mass is 16.5. The molecular formula is C25H22N2O4. The Hall–Kier alpha value is -4.06. The van der Waals surface area contributed by atoms with Gasteiger partial charge < -0.3 is 19.8 Å². The average Bonchev–Trinajstić information content (AvgIpc) is 3.17. The number of benzene rings is 3. The molecule has 0 fully saturated rings. The molecule has 6 heteroatoms. The number of hydrogen-bond donors (Lipinski definition) is 2. The summed E-state index contributed by atoms with van der Waals surface area (Å²) in [5.74, 6) is 0.0302.